The molecule has 1 aliphatic heterocycles. The van der Waals surface area contributed by atoms with Crippen molar-refractivity contribution in [3.05, 3.63) is 34.4 Å². The van der Waals surface area contributed by atoms with E-state index in [0.29, 0.717) is 6.61 Å². The molecule has 0 amide bonds. The van der Waals surface area contributed by atoms with E-state index in [0.717, 1.165) is 0 Å². The summed E-state index contributed by atoms with van der Waals surface area (Å²) in [5.74, 6) is 0. The summed E-state index contributed by atoms with van der Waals surface area (Å²) in [7, 11) is 0. The Morgan fingerprint density at radius 2 is 1.87 bits per heavy atom. The number of hydrogen-bond acceptors (Lipinski definition) is 2. The minimum Gasteiger partial charge on any atom is -0.372 e. The number of rotatable bonds is 0. The van der Waals surface area contributed by atoms with Gasteiger partial charge in [-0.3, -0.25) is 0 Å². The van der Waals surface area contributed by atoms with Crippen molar-refractivity contribution in [3.8, 4) is 0 Å². The largest absolute Gasteiger partial charge is 0.372 e. The van der Waals surface area contributed by atoms with Gasteiger partial charge >= 0.3 is 0 Å². The molecule has 84 valence electrons. The Morgan fingerprint density at radius 3 is 2.53 bits per heavy atom. The lowest BCUT2D eigenvalue weighted by atomic mass is 9.91. The van der Waals surface area contributed by atoms with Crippen LogP contribution in [0.3, 0.4) is 0 Å². The maximum absolute atomic E-state index is 6.08. The minimum atomic E-state index is 0. The summed E-state index contributed by atoms with van der Waals surface area (Å²) in [6.45, 7) is 6.98. The molecule has 0 radical (unpaired) electrons. The van der Waals surface area contributed by atoms with Crippen LogP contribution in [0.1, 0.15) is 35.2 Å². The zero-order valence-electron chi connectivity index (χ0n) is 9.41. The SMILES string of the molecule is Cc1cc2c(cc1C)[C@H](N)[C@H](C)OC2.Cl. The fourth-order valence-electron chi connectivity index (χ4n) is 1.91. The Morgan fingerprint density at radius 1 is 1.27 bits per heavy atom. The molecule has 0 bridgehead atoms. The lowest BCUT2D eigenvalue weighted by Gasteiger charge is -2.29. The second kappa shape index (κ2) is 4.52. The van der Waals surface area contributed by atoms with Crippen LogP contribution in [0.4, 0.5) is 0 Å². The molecule has 0 saturated carbocycles. The van der Waals surface area contributed by atoms with Crippen LogP contribution in [0, 0.1) is 13.8 Å². The standard InChI is InChI=1S/C12H17NO.ClH/c1-7-4-10-6-14-9(3)12(13)11(10)5-8(7)2;/h4-5,9,12H,6,13H2,1-3H3;1H/t9-,12+;/m0./s1. The molecular weight excluding hydrogens is 210 g/mol. The quantitative estimate of drug-likeness (QED) is 0.740. The van der Waals surface area contributed by atoms with Crippen LogP contribution in [-0.4, -0.2) is 6.10 Å². The number of hydrogen-bond donors (Lipinski definition) is 1. The van der Waals surface area contributed by atoms with Gasteiger partial charge in [0.25, 0.3) is 0 Å². The average Bonchev–Trinajstić information content (AvgIpc) is 2.15. The molecule has 0 spiro atoms. The molecule has 0 fully saturated rings. The number of aryl methyl sites for hydroxylation is 2. The van der Waals surface area contributed by atoms with Crippen molar-refractivity contribution in [3.63, 3.8) is 0 Å². The highest BCUT2D eigenvalue weighted by molar-refractivity contribution is 5.85. The normalized spacial score (nSPS) is 24.3. The first-order chi connectivity index (χ1) is 6.59. The molecule has 0 aliphatic carbocycles. The third-order valence-electron chi connectivity index (χ3n) is 3.12. The van der Waals surface area contributed by atoms with Crippen LogP contribution >= 0.6 is 12.4 Å². The summed E-state index contributed by atoms with van der Waals surface area (Å²) in [5, 5.41) is 0. The molecule has 2 N–H and O–H groups in total. The Hall–Kier alpha value is -0.570. The summed E-state index contributed by atoms with van der Waals surface area (Å²) >= 11 is 0. The van der Waals surface area contributed by atoms with Gasteiger partial charge in [-0.15, -0.1) is 12.4 Å². The highest BCUT2D eigenvalue weighted by Crippen LogP contribution is 2.29. The molecule has 1 aromatic carbocycles. The van der Waals surface area contributed by atoms with Gasteiger partial charge in [0.1, 0.15) is 0 Å². The van der Waals surface area contributed by atoms with Gasteiger partial charge < -0.3 is 10.5 Å². The van der Waals surface area contributed by atoms with Crippen LogP contribution < -0.4 is 5.73 Å². The van der Waals surface area contributed by atoms with Crippen molar-refractivity contribution in [1.29, 1.82) is 0 Å². The van der Waals surface area contributed by atoms with Crippen LogP contribution in [0.25, 0.3) is 0 Å². The fraction of sp³-hybridized carbons (Fsp3) is 0.500. The van der Waals surface area contributed by atoms with Crippen LogP contribution in [-0.2, 0) is 11.3 Å². The first-order valence-corrected chi connectivity index (χ1v) is 5.07. The highest BCUT2D eigenvalue weighted by Gasteiger charge is 2.24. The predicted molar refractivity (Wildman–Crippen MR) is 64.3 cm³/mol. The number of nitrogens with two attached hydrogens (primary N) is 1. The molecule has 2 nitrogen and oxygen atoms in total. The smallest absolute Gasteiger partial charge is 0.0744 e. The summed E-state index contributed by atoms with van der Waals surface area (Å²) in [6, 6.07) is 4.42. The van der Waals surface area contributed by atoms with E-state index in [2.05, 4.69) is 26.0 Å². The fourth-order valence-corrected chi connectivity index (χ4v) is 1.91. The first-order valence-electron chi connectivity index (χ1n) is 5.07. The zero-order valence-corrected chi connectivity index (χ0v) is 10.2. The highest BCUT2D eigenvalue weighted by atomic mass is 35.5. The Kier molecular flexibility index (Phi) is 3.77. The Balaban J connectivity index is 0.00000112. The topological polar surface area (TPSA) is 35.2 Å². The van der Waals surface area contributed by atoms with Gasteiger partial charge in [0.2, 0.25) is 0 Å². The maximum atomic E-state index is 6.08. The van der Waals surface area contributed by atoms with E-state index in [1.807, 2.05) is 6.92 Å². The predicted octanol–water partition coefficient (Wildman–Crippen LogP) is 2.64. The van der Waals surface area contributed by atoms with E-state index < -0.39 is 0 Å². The monoisotopic (exact) mass is 227 g/mol. The van der Waals surface area contributed by atoms with Gasteiger partial charge in [-0.05, 0) is 43.0 Å². The number of ether oxygens (including phenoxy) is 1. The van der Waals surface area contributed by atoms with Crippen LogP contribution in [0.15, 0.2) is 12.1 Å². The van der Waals surface area contributed by atoms with Gasteiger partial charge in [0.05, 0.1) is 18.8 Å². The summed E-state index contributed by atoms with van der Waals surface area (Å²) in [5.41, 5.74) is 11.2. The Labute approximate surface area is 97.2 Å². The molecule has 1 aromatic rings. The van der Waals surface area contributed by atoms with Crippen molar-refractivity contribution < 1.29 is 4.74 Å². The number of fused-ring (bicyclic) bond motifs is 1. The van der Waals surface area contributed by atoms with E-state index in [-0.39, 0.29) is 24.6 Å². The van der Waals surface area contributed by atoms with Crippen molar-refractivity contribution in [2.45, 2.75) is 39.5 Å². The van der Waals surface area contributed by atoms with Gasteiger partial charge in [0, 0.05) is 0 Å². The number of benzene rings is 1. The van der Waals surface area contributed by atoms with Crippen LogP contribution in [0.5, 0.6) is 0 Å². The van der Waals surface area contributed by atoms with E-state index in [4.69, 9.17) is 10.5 Å². The van der Waals surface area contributed by atoms with Crippen molar-refractivity contribution in [1.82, 2.24) is 0 Å². The molecule has 2 rings (SSSR count). The zero-order chi connectivity index (χ0) is 10.3. The van der Waals surface area contributed by atoms with Crippen LogP contribution in [0.2, 0.25) is 0 Å². The van der Waals surface area contributed by atoms with Gasteiger partial charge in [-0.2, -0.15) is 0 Å². The lowest BCUT2D eigenvalue weighted by molar-refractivity contribution is 0.0213. The number of halogens is 1. The van der Waals surface area contributed by atoms with Gasteiger partial charge in [-0.25, -0.2) is 0 Å². The molecule has 0 saturated heterocycles. The summed E-state index contributed by atoms with van der Waals surface area (Å²) in [4.78, 5) is 0. The van der Waals surface area contributed by atoms with Crippen molar-refractivity contribution >= 4 is 12.4 Å². The molecule has 1 heterocycles. The molecule has 0 aromatic heterocycles. The van der Waals surface area contributed by atoms with Gasteiger partial charge in [0.15, 0.2) is 0 Å². The van der Waals surface area contributed by atoms with E-state index in [1.54, 1.807) is 0 Å². The molecule has 2 atom stereocenters. The third-order valence-corrected chi connectivity index (χ3v) is 3.12. The van der Waals surface area contributed by atoms with E-state index in [9.17, 15) is 0 Å². The second-order valence-corrected chi connectivity index (χ2v) is 4.18. The van der Waals surface area contributed by atoms with E-state index >= 15 is 0 Å². The molecule has 15 heavy (non-hydrogen) atoms. The Bertz CT molecular complexity index is 365. The third kappa shape index (κ3) is 2.17. The first kappa shape index (κ1) is 12.5. The minimum absolute atomic E-state index is 0. The summed E-state index contributed by atoms with van der Waals surface area (Å²) in [6.07, 6.45) is 0.129. The van der Waals surface area contributed by atoms with Crippen molar-refractivity contribution in [2.24, 2.45) is 5.73 Å². The molecule has 0 unspecified atom stereocenters. The maximum Gasteiger partial charge on any atom is 0.0744 e. The lowest BCUT2D eigenvalue weighted by Crippen LogP contribution is -2.31. The molecule has 3 heteroatoms. The molecule has 1 aliphatic rings. The second-order valence-electron chi connectivity index (χ2n) is 4.18. The van der Waals surface area contributed by atoms with Crippen molar-refractivity contribution in [2.75, 3.05) is 0 Å². The summed E-state index contributed by atoms with van der Waals surface area (Å²) < 4.78 is 5.59. The van der Waals surface area contributed by atoms with Gasteiger partial charge in [-0.1, -0.05) is 12.1 Å². The van der Waals surface area contributed by atoms with E-state index in [1.165, 1.54) is 22.3 Å². The molecular formula is C12H18ClNO. The average molecular weight is 228 g/mol.